The van der Waals surface area contributed by atoms with Crippen LogP contribution in [0.4, 0.5) is 0 Å². The van der Waals surface area contributed by atoms with Gasteiger partial charge in [-0.3, -0.25) is 9.59 Å². The highest BCUT2D eigenvalue weighted by Gasteiger charge is 2.18. The highest BCUT2D eigenvalue weighted by Crippen LogP contribution is 2.25. The van der Waals surface area contributed by atoms with Gasteiger partial charge in [-0.1, -0.05) is 17.7 Å². The molecule has 0 spiro atoms. The maximum absolute atomic E-state index is 12.6. The highest BCUT2D eigenvalue weighted by atomic mass is 16.5. The predicted molar refractivity (Wildman–Crippen MR) is 91.2 cm³/mol. The van der Waals surface area contributed by atoms with E-state index in [0.29, 0.717) is 11.3 Å². The molecule has 2 aromatic carbocycles. The third-order valence-electron chi connectivity index (χ3n) is 3.80. The number of ketones is 1. The van der Waals surface area contributed by atoms with Gasteiger partial charge in [0, 0.05) is 11.8 Å². The number of aromatic hydroxyl groups is 1. The number of benzene rings is 2. The van der Waals surface area contributed by atoms with Crippen LogP contribution in [-0.4, -0.2) is 33.7 Å². The van der Waals surface area contributed by atoms with Crippen LogP contribution in [0.15, 0.2) is 54.9 Å². The Bertz CT molecular complexity index is 942. The van der Waals surface area contributed by atoms with E-state index in [0.717, 1.165) is 10.2 Å². The molecule has 1 aromatic heterocycles. The number of hydrogen-bond acceptors (Lipinski definition) is 5. The van der Waals surface area contributed by atoms with Crippen molar-refractivity contribution in [2.75, 3.05) is 7.11 Å². The molecule has 1 heterocycles. The Hall–Kier alpha value is -3.41. The lowest BCUT2D eigenvalue weighted by Crippen LogP contribution is -2.12. The fraction of sp³-hybridized carbons (Fsp3) is 0.105. The highest BCUT2D eigenvalue weighted by molar-refractivity contribution is 6.11. The first-order valence-corrected chi connectivity index (χ1v) is 7.57. The summed E-state index contributed by atoms with van der Waals surface area (Å²) in [5.41, 5.74) is 1.80. The summed E-state index contributed by atoms with van der Waals surface area (Å²) in [5.74, 6) is -0.499. The number of hydrogen-bond donors (Lipinski definition) is 1. The first kappa shape index (κ1) is 16.4. The first-order chi connectivity index (χ1) is 12.0. The second-order valence-electron chi connectivity index (χ2n) is 5.56. The molecule has 0 aliphatic rings. The zero-order valence-electron chi connectivity index (χ0n) is 13.8. The number of aromatic nitrogens is 2. The second-order valence-corrected chi connectivity index (χ2v) is 5.56. The molecule has 0 fully saturated rings. The van der Waals surface area contributed by atoms with Crippen molar-refractivity contribution in [1.82, 2.24) is 9.78 Å². The van der Waals surface area contributed by atoms with Gasteiger partial charge in [0.2, 0.25) is 0 Å². The van der Waals surface area contributed by atoms with Crippen molar-refractivity contribution in [2.45, 2.75) is 6.92 Å². The lowest BCUT2D eigenvalue weighted by atomic mass is 10.1. The van der Waals surface area contributed by atoms with E-state index in [-0.39, 0.29) is 22.8 Å². The molecule has 6 nitrogen and oxygen atoms in total. The summed E-state index contributed by atoms with van der Waals surface area (Å²) in [4.78, 5) is 25.0. The van der Waals surface area contributed by atoms with Gasteiger partial charge >= 0.3 is 0 Å². The summed E-state index contributed by atoms with van der Waals surface area (Å²) in [6.45, 7) is 1.93. The normalized spacial score (nSPS) is 10.5. The number of aryl methyl sites for hydroxylation is 1. The van der Waals surface area contributed by atoms with Crippen molar-refractivity contribution in [1.29, 1.82) is 0 Å². The van der Waals surface area contributed by atoms with Gasteiger partial charge < -0.3 is 9.84 Å². The Labute approximate surface area is 144 Å². The number of carbonyl (C=O) groups excluding carboxylic acids is 2. The minimum absolute atomic E-state index is 0.0849. The number of ether oxygens (including phenoxy) is 1. The Morgan fingerprint density at radius 2 is 1.80 bits per heavy atom. The molecule has 1 N–H and O–H groups in total. The van der Waals surface area contributed by atoms with Crippen LogP contribution in [0.1, 0.15) is 31.8 Å². The van der Waals surface area contributed by atoms with Crippen molar-refractivity contribution in [2.24, 2.45) is 0 Å². The maximum atomic E-state index is 12.6. The number of carbonyl (C=O) groups is 2. The molecule has 6 heteroatoms. The van der Waals surface area contributed by atoms with Gasteiger partial charge in [-0.2, -0.15) is 5.10 Å². The molecule has 0 saturated heterocycles. The molecule has 126 valence electrons. The number of rotatable bonds is 4. The van der Waals surface area contributed by atoms with Crippen LogP contribution < -0.4 is 4.74 Å². The number of phenols is 1. The van der Waals surface area contributed by atoms with Gasteiger partial charge in [0.15, 0.2) is 5.78 Å². The average molecular weight is 336 g/mol. The minimum Gasteiger partial charge on any atom is -0.507 e. The molecule has 3 rings (SSSR count). The van der Waals surface area contributed by atoms with E-state index in [1.54, 1.807) is 18.2 Å². The minimum atomic E-state index is -0.445. The fourth-order valence-electron chi connectivity index (χ4n) is 2.36. The second kappa shape index (κ2) is 6.60. The van der Waals surface area contributed by atoms with Crippen molar-refractivity contribution in [3.8, 4) is 11.5 Å². The summed E-state index contributed by atoms with van der Waals surface area (Å²) < 4.78 is 6.17. The van der Waals surface area contributed by atoms with Gasteiger partial charge in [-0.15, -0.1) is 0 Å². The van der Waals surface area contributed by atoms with Crippen LogP contribution >= 0.6 is 0 Å². The van der Waals surface area contributed by atoms with E-state index >= 15 is 0 Å². The molecule has 0 aliphatic carbocycles. The third kappa shape index (κ3) is 3.28. The topological polar surface area (TPSA) is 81.4 Å². The van der Waals surface area contributed by atoms with Crippen LogP contribution in [-0.2, 0) is 0 Å². The number of phenolic OH excluding ortho intramolecular Hbond substituents is 1. The van der Waals surface area contributed by atoms with E-state index in [1.807, 2.05) is 19.1 Å². The standard InChI is InChI=1S/C19H16N2O4/c1-12-3-5-13(6-4-12)19(24)21-11-14(10-20-21)18(23)16-9-15(25-2)7-8-17(16)22/h3-11,22H,1-2H3. The molecular formula is C19H16N2O4. The molecule has 0 atom stereocenters. The van der Waals surface area contributed by atoms with Gasteiger partial charge in [0.05, 0.1) is 24.4 Å². The van der Waals surface area contributed by atoms with Crippen LogP contribution in [0, 0.1) is 6.92 Å². The molecule has 0 aliphatic heterocycles. The van der Waals surface area contributed by atoms with Crippen LogP contribution in [0.25, 0.3) is 0 Å². The van der Waals surface area contributed by atoms with E-state index in [9.17, 15) is 14.7 Å². The van der Waals surface area contributed by atoms with E-state index < -0.39 is 5.78 Å². The van der Waals surface area contributed by atoms with Gasteiger partial charge in [0.25, 0.3) is 5.91 Å². The SMILES string of the molecule is COc1ccc(O)c(C(=O)c2cnn(C(=O)c3ccc(C)cc3)c2)c1. The molecule has 0 amide bonds. The quantitative estimate of drug-likeness (QED) is 0.741. The van der Waals surface area contributed by atoms with Crippen molar-refractivity contribution < 1.29 is 19.4 Å². The molecule has 0 unspecified atom stereocenters. The Morgan fingerprint density at radius 3 is 2.48 bits per heavy atom. The summed E-state index contributed by atoms with van der Waals surface area (Å²) in [7, 11) is 1.47. The number of methoxy groups -OCH3 is 1. The molecule has 0 radical (unpaired) electrons. The Balaban J connectivity index is 1.89. The van der Waals surface area contributed by atoms with Crippen LogP contribution in [0.2, 0.25) is 0 Å². The van der Waals surface area contributed by atoms with Crippen molar-refractivity contribution >= 4 is 11.7 Å². The fourth-order valence-corrected chi connectivity index (χ4v) is 2.36. The zero-order chi connectivity index (χ0) is 18.0. The lowest BCUT2D eigenvalue weighted by Gasteiger charge is -2.05. The Kier molecular flexibility index (Phi) is 4.35. The van der Waals surface area contributed by atoms with Crippen molar-refractivity contribution in [3.05, 3.63) is 77.1 Å². The maximum Gasteiger partial charge on any atom is 0.278 e. The summed E-state index contributed by atoms with van der Waals surface area (Å²) in [6, 6.07) is 11.4. The molecular weight excluding hydrogens is 320 g/mol. The smallest absolute Gasteiger partial charge is 0.278 e. The van der Waals surface area contributed by atoms with E-state index in [1.165, 1.54) is 31.6 Å². The summed E-state index contributed by atoms with van der Waals surface area (Å²) in [6.07, 6.45) is 2.65. The molecule has 0 saturated carbocycles. The molecule has 3 aromatic rings. The predicted octanol–water partition coefficient (Wildman–Crippen LogP) is 2.83. The third-order valence-corrected chi connectivity index (χ3v) is 3.80. The number of nitrogens with zero attached hydrogens (tertiary/aromatic N) is 2. The van der Waals surface area contributed by atoms with Crippen LogP contribution in [0.3, 0.4) is 0 Å². The first-order valence-electron chi connectivity index (χ1n) is 7.57. The Morgan fingerprint density at radius 1 is 1.08 bits per heavy atom. The zero-order valence-corrected chi connectivity index (χ0v) is 13.8. The average Bonchev–Trinajstić information content (AvgIpc) is 3.12. The summed E-state index contributed by atoms with van der Waals surface area (Å²) >= 11 is 0. The monoisotopic (exact) mass is 336 g/mol. The van der Waals surface area contributed by atoms with Gasteiger partial charge in [0.1, 0.15) is 11.5 Å². The van der Waals surface area contributed by atoms with Crippen molar-refractivity contribution in [3.63, 3.8) is 0 Å². The lowest BCUT2D eigenvalue weighted by molar-refractivity contribution is 0.0945. The van der Waals surface area contributed by atoms with E-state index in [4.69, 9.17) is 4.74 Å². The molecule has 25 heavy (non-hydrogen) atoms. The van der Waals surface area contributed by atoms with E-state index in [2.05, 4.69) is 5.10 Å². The van der Waals surface area contributed by atoms with Gasteiger partial charge in [-0.25, -0.2) is 4.68 Å². The molecule has 0 bridgehead atoms. The van der Waals surface area contributed by atoms with Gasteiger partial charge in [-0.05, 0) is 37.3 Å². The largest absolute Gasteiger partial charge is 0.507 e. The summed E-state index contributed by atoms with van der Waals surface area (Å²) in [5, 5.41) is 13.9. The van der Waals surface area contributed by atoms with Crippen LogP contribution in [0.5, 0.6) is 11.5 Å².